The lowest BCUT2D eigenvalue weighted by Crippen LogP contribution is -1.97. The number of ether oxygens (including phenoxy) is 2. The molecule has 1 unspecified atom stereocenters. The van der Waals surface area contributed by atoms with E-state index in [2.05, 4.69) is 6.58 Å². The lowest BCUT2D eigenvalue weighted by molar-refractivity contribution is 0.0554. The molecule has 1 atom stereocenters. The Morgan fingerprint density at radius 2 is 2.57 bits per heavy atom. The Hall–Kier alpha value is -0.500. The molecule has 1 saturated heterocycles. The summed E-state index contributed by atoms with van der Waals surface area (Å²) < 4.78 is 9.79. The van der Waals surface area contributed by atoms with E-state index in [1.54, 1.807) is 0 Å². The van der Waals surface area contributed by atoms with Gasteiger partial charge in [0, 0.05) is 0 Å². The lowest BCUT2D eigenvalue weighted by Gasteiger charge is -1.94. The van der Waals surface area contributed by atoms with E-state index in [0.717, 1.165) is 5.76 Å². The first-order valence-electron chi connectivity index (χ1n) is 2.24. The highest BCUT2D eigenvalue weighted by molar-refractivity contribution is 4.92. The molecule has 0 aromatic rings. The van der Waals surface area contributed by atoms with Crippen molar-refractivity contribution in [3.63, 3.8) is 0 Å². The fraction of sp³-hybridized carbons (Fsp3) is 0.600. The van der Waals surface area contributed by atoms with Gasteiger partial charge in [-0.2, -0.15) is 0 Å². The zero-order chi connectivity index (χ0) is 5.28. The minimum atomic E-state index is 0.0972. The average Bonchev–Trinajstić information content (AvgIpc) is 1.91. The molecule has 0 saturated carbocycles. The zero-order valence-corrected chi connectivity index (χ0v) is 4.31. The van der Waals surface area contributed by atoms with Crippen LogP contribution in [-0.2, 0) is 9.47 Å². The van der Waals surface area contributed by atoms with Crippen molar-refractivity contribution >= 4 is 0 Å². The molecule has 0 amide bonds. The Kier molecular flexibility index (Phi) is 1.02. The van der Waals surface area contributed by atoms with Crippen molar-refractivity contribution in [3.05, 3.63) is 12.3 Å². The van der Waals surface area contributed by atoms with Crippen LogP contribution in [0.2, 0.25) is 0 Å². The maximum Gasteiger partial charge on any atom is 0.189 e. The van der Waals surface area contributed by atoms with E-state index in [-0.39, 0.29) is 6.10 Å². The van der Waals surface area contributed by atoms with Crippen LogP contribution in [0.4, 0.5) is 0 Å². The molecule has 1 rings (SSSR count). The van der Waals surface area contributed by atoms with Gasteiger partial charge in [0.25, 0.3) is 0 Å². The summed E-state index contributed by atoms with van der Waals surface area (Å²) in [7, 11) is 0. The van der Waals surface area contributed by atoms with Gasteiger partial charge >= 0.3 is 0 Å². The molecule has 2 nitrogen and oxygen atoms in total. The molecular weight excluding hydrogens is 92.1 g/mol. The van der Waals surface area contributed by atoms with Crippen molar-refractivity contribution in [2.75, 3.05) is 6.79 Å². The van der Waals surface area contributed by atoms with Crippen LogP contribution in [0, 0.1) is 0 Å². The molecule has 7 heavy (non-hydrogen) atoms. The van der Waals surface area contributed by atoms with Crippen LogP contribution in [0.1, 0.15) is 6.92 Å². The third kappa shape index (κ3) is 0.747. The SMILES string of the molecule is C=C1OCOC1C. The molecule has 0 radical (unpaired) electrons. The molecule has 0 N–H and O–H groups in total. The van der Waals surface area contributed by atoms with Crippen molar-refractivity contribution < 1.29 is 9.47 Å². The van der Waals surface area contributed by atoms with Gasteiger partial charge in [-0.15, -0.1) is 0 Å². The summed E-state index contributed by atoms with van der Waals surface area (Å²) in [5, 5.41) is 0. The maximum atomic E-state index is 4.94. The normalized spacial score (nSPS) is 30.4. The second kappa shape index (κ2) is 1.54. The minimum absolute atomic E-state index is 0.0972. The Bertz CT molecular complexity index is 88.1. The summed E-state index contributed by atoms with van der Waals surface area (Å²) in [6, 6.07) is 0. The largest absolute Gasteiger partial charge is 0.470 e. The smallest absolute Gasteiger partial charge is 0.189 e. The van der Waals surface area contributed by atoms with Crippen LogP contribution in [0.15, 0.2) is 12.3 Å². The Morgan fingerprint density at radius 3 is 2.71 bits per heavy atom. The molecule has 0 spiro atoms. The van der Waals surface area contributed by atoms with E-state index in [0.29, 0.717) is 6.79 Å². The van der Waals surface area contributed by atoms with Gasteiger partial charge in [-0.25, -0.2) is 0 Å². The fourth-order valence-electron chi connectivity index (χ4n) is 0.422. The molecule has 0 aliphatic carbocycles. The third-order valence-electron chi connectivity index (χ3n) is 1.02. The van der Waals surface area contributed by atoms with E-state index in [9.17, 15) is 0 Å². The molecule has 40 valence electrons. The quantitative estimate of drug-likeness (QED) is 0.450. The maximum absolute atomic E-state index is 4.94. The molecular formula is C5H8O2. The van der Waals surface area contributed by atoms with Crippen molar-refractivity contribution in [2.45, 2.75) is 13.0 Å². The van der Waals surface area contributed by atoms with E-state index in [1.165, 1.54) is 0 Å². The predicted octanol–water partition coefficient (Wildman–Crippen LogP) is 0.893. The van der Waals surface area contributed by atoms with Crippen LogP contribution in [-0.4, -0.2) is 12.9 Å². The summed E-state index contributed by atoms with van der Waals surface area (Å²) in [5.41, 5.74) is 0. The molecule has 0 aromatic carbocycles. The summed E-state index contributed by atoms with van der Waals surface area (Å²) in [6.07, 6.45) is 0.0972. The van der Waals surface area contributed by atoms with Gasteiger partial charge in [0.15, 0.2) is 6.79 Å². The Labute approximate surface area is 42.7 Å². The van der Waals surface area contributed by atoms with Crippen molar-refractivity contribution in [1.82, 2.24) is 0 Å². The standard InChI is InChI=1S/C5H8O2/c1-4-5(2)7-3-6-4/h5H,1,3H2,2H3. The molecule has 0 aromatic heterocycles. The van der Waals surface area contributed by atoms with E-state index in [1.807, 2.05) is 6.92 Å². The van der Waals surface area contributed by atoms with Gasteiger partial charge in [-0.1, -0.05) is 6.58 Å². The van der Waals surface area contributed by atoms with Gasteiger partial charge in [0.05, 0.1) is 0 Å². The summed E-state index contributed by atoms with van der Waals surface area (Å²) in [6.45, 7) is 5.88. The monoisotopic (exact) mass is 100 g/mol. The minimum Gasteiger partial charge on any atom is -0.470 e. The van der Waals surface area contributed by atoms with Crippen LogP contribution in [0.25, 0.3) is 0 Å². The second-order valence-corrected chi connectivity index (χ2v) is 1.54. The van der Waals surface area contributed by atoms with Crippen LogP contribution >= 0.6 is 0 Å². The zero-order valence-electron chi connectivity index (χ0n) is 4.31. The van der Waals surface area contributed by atoms with Crippen molar-refractivity contribution in [2.24, 2.45) is 0 Å². The first-order chi connectivity index (χ1) is 3.30. The topological polar surface area (TPSA) is 18.5 Å². The summed E-state index contributed by atoms with van der Waals surface area (Å²) >= 11 is 0. The van der Waals surface area contributed by atoms with E-state index >= 15 is 0 Å². The van der Waals surface area contributed by atoms with Gasteiger partial charge in [-0.3, -0.25) is 0 Å². The summed E-state index contributed by atoms with van der Waals surface area (Å²) in [4.78, 5) is 0. The highest BCUT2D eigenvalue weighted by Gasteiger charge is 2.14. The van der Waals surface area contributed by atoms with Crippen molar-refractivity contribution in [3.8, 4) is 0 Å². The highest BCUT2D eigenvalue weighted by atomic mass is 16.7. The van der Waals surface area contributed by atoms with Crippen LogP contribution < -0.4 is 0 Å². The lowest BCUT2D eigenvalue weighted by atomic mass is 10.4. The predicted molar refractivity (Wildman–Crippen MR) is 25.6 cm³/mol. The van der Waals surface area contributed by atoms with E-state index in [4.69, 9.17) is 9.47 Å². The molecule has 2 heteroatoms. The fourth-order valence-corrected chi connectivity index (χ4v) is 0.422. The van der Waals surface area contributed by atoms with Gasteiger partial charge < -0.3 is 9.47 Å². The second-order valence-electron chi connectivity index (χ2n) is 1.54. The van der Waals surface area contributed by atoms with Gasteiger partial charge in [-0.05, 0) is 6.92 Å². The van der Waals surface area contributed by atoms with Crippen LogP contribution in [0.3, 0.4) is 0 Å². The highest BCUT2D eigenvalue weighted by Crippen LogP contribution is 2.12. The number of rotatable bonds is 0. The molecule has 0 bridgehead atoms. The van der Waals surface area contributed by atoms with E-state index < -0.39 is 0 Å². The average molecular weight is 100 g/mol. The molecule has 1 aliphatic rings. The summed E-state index contributed by atoms with van der Waals surface area (Å²) in [5.74, 6) is 0.736. The number of hydrogen-bond donors (Lipinski definition) is 0. The molecule has 1 aliphatic heterocycles. The Morgan fingerprint density at radius 1 is 1.86 bits per heavy atom. The first kappa shape index (κ1) is 4.65. The molecule has 1 fully saturated rings. The molecule has 1 heterocycles. The number of hydrogen-bond acceptors (Lipinski definition) is 2. The first-order valence-corrected chi connectivity index (χ1v) is 2.24. The third-order valence-corrected chi connectivity index (χ3v) is 1.02. The van der Waals surface area contributed by atoms with Crippen molar-refractivity contribution in [1.29, 1.82) is 0 Å². The van der Waals surface area contributed by atoms with Crippen LogP contribution in [0.5, 0.6) is 0 Å². The van der Waals surface area contributed by atoms with Gasteiger partial charge in [0.1, 0.15) is 11.9 Å². The Balaban J connectivity index is 2.48. The van der Waals surface area contributed by atoms with Gasteiger partial charge in [0.2, 0.25) is 0 Å².